The molecule has 0 radical (unpaired) electrons. The van der Waals surface area contributed by atoms with E-state index in [4.69, 9.17) is 0 Å². The predicted molar refractivity (Wildman–Crippen MR) is 78.0 cm³/mol. The van der Waals surface area contributed by atoms with E-state index in [0.29, 0.717) is 11.3 Å². The number of benzene rings is 1. The minimum atomic E-state index is -0.483. The number of rotatable bonds is 2. The predicted octanol–water partition coefficient (Wildman–Crippen LogP) is 1.78. The molecule has 2 fully saturated rings. The fraction of sp³-hybridized carbons (Fsp3) is 0.353. The van der Waals surface area contributed by atoms with E-state index in [0.717, 1.165) is 6.42 Å². The fourth-order valence-electron chi connectivity index (χ4n) is 4.05. The zero-order valence-corrected chi connectivity index (χ0v) is 12.1. The molecule has 5 heteroatoms. The highest BCUT2D eigenvalue weighted by Crippen LogP contribution is 2.53. The van der Waals surface area contributed by atoms with E-state index >= 15 is 0 Å². The van der Waals surface area contributed by atoms with Gasteiger partial charge in [0.05, 0.1) is 30.2 Å². The first kappa shape index (κ1) is 13.2. The van der Waals surface area contributed by atoms with Crippen molar-refractivity contribution >= 4 is 23.5 Å². The van der Waals surface area contributed by atoms with Gasteiger partial charge in [-0.15, -0.1) is 0 Å². The van der Waals surface area contributed by atoms with Crippen LogP contribution in [0.5, 0.6) is 0 Å². The van der Waals surface area contributed by atoms with Gasteiger partial charge in [-0.05, 0) is 36.5 Å². The molecule has 1 heterocycles. The van der Waals surface area contributed by atoms with Gasteiger partial charge in [0.2, 0.25) is 11.8 Å². The molecule has 112 valence electrons. The quantitative estimate of drug-likeness (QED) is 0.474. The number of methoxy groups -OCH3 is 1. The van der Waals surface area contributed by atoms with Crippen LogP contribution in [0, 0.1) is 23.7 Å². The maximum Gasteiger partial charge on any atom is 0.337 e. The van der Waals surface area contributed by atoms with Crippen molar-refractivity contribution in [2.75, 3.05) is 12.0 Å². The Bertz CT molecular complexity index is 693. The van der Waals surface area contributed by atoms with E-state index < -0.39 is 5.97 Å². The van der Waals surface area contributed by atoms with E-state index in [1.165, 1.54) is 18.1 Å². The number of allylic oxidation sites excluding steroid dienone is 2. The summed E-state index contributed by atoms with van der Waals surface area (Å²) in [5.74, 6) is -0.875. The monoisotopic (exact) mass is 297 g/mol. The van der Waals surface area contributed by atoms with E-state index in [1.807, 2.05) is 0 Å². The molecule has 2 amide bonds. The van der Waals surface area contributed by atoms with Crippen LogP contribution in [-0.2, 0) is 14.3 Å². The highest BCUT2D eigenvalue weighted by molar-refractivity contribution is 6.23. The average molecular weight is 297 g/mol. The molecule has 22 heavy (non-hydrogen) atoms. The van der Waals surface area contributed by atoms with Crippen LogP contribution in [-0.4, -0.2) is 24.9 Å². The lowest BCUT2D eigenvalue weighted by molar-refractivity contribution is -0.123. The zero-order valence-electron chi connectivity index (χ0n) is 12.1. The van der Waals surface area contributed by atoms with Gasteiger partial charge >= 0.3 is 5.97 Å². The van der Waals surface area contributed by atoms with Gasteiger partial charge < -0.3 is 4.74 Å². The number of nitrogens with zero attached hydrogens (tertiary/aromatic N) is 1. The molecule has 0 N–H and O–H groups in total. The molecule has 1 saturated carbocycles. The Balaban J connectivity index is 1.71. The van der Waals surface area contributed by atoms with E-state index in [1.54, 1.807) is 18.2 Å². The third-order valence-corrected chi connectivity index (χ3v) is 5.00. The number of hydrogen-bond acceptors (Lipinski definition) is 4. The number of fused-ring (bicyclic) bond motifs is 5. The zero-order chi connectivity index (χ0) is 15.4. The fourth-order valence-corrected chi connectivity index (χ4v) is 4.05. The summed E-state index contributed by atoms with van der Waals surface area (Å²) >= 11 is 0. The minimum absolute atomic E-state index is 0.145. The number of amides is 2. The first-order valence-electron chi connectivity index (χ1n) is 7.36. The van der Waals surface area contributed by atoms with Gasteiger partial charge in [0.1, 0.15) is 0 Å². The first-order chi connectivity index (χ1) is 10.6. The number of carbonyl (C=O) groups excluding carboxylic acids is 3. The highest BCUT2D eigenvalue weighted by atomic mass is 16.5. The van der Waals surface area contributed by atoms with Crippen LogP contribution in [0.2, 0.25) is 0 Å². The third kappa shape index (κ3) is 1.62. The third-order valence-electron chi connectivity index (χ3n) is 5.00. The number of ether oxygens (including phenoxy) is 1. The molecule has 0 unspecified atom stereocenters. The van der Waals surface area contributed by atoms with Crippen molar-refractivity contribution in [3.8, 4) is 0 Å². The molecule has 1 aliphatic heterocycles. The Morgan fingerprint density at radius 3 is 2.36 bits per heavy atom. The smallest absolute Gasteiger partial charge is 0.337 e. The van der Waals surface area contributed by atoms with Crippen LogP contribution in [0.4, 0.5) is 5.69 Å². The van der Waals surface area contributed by atoms with Crippen LogP contribution in [0.15, 0.2) is 36.4 Å². The number of hydrogen-bond donors (Lipinski definition) is 0. The van der Waals surface area contributed by atoms with Gasteiger partial charge in [0, 0.05) is 0 Å². The Hall–Kier alpha value is -2.43. The molecule has 2 aliphatic carbocycles. The molecule has 0 spiro atoms. The maximum absolute atomic E-state index is 12.7. The van der Waals surface area contributed by atoms with Crippen molar-refractivity contribution < 1.29 is 19.1 Å². The van der Waals surface area contributed by atoms with Crippen molar-refractivity contribution in [3.05, 3.63) is 42.0 Å². The van der Waals surface area contributed by atoms with Gasteiger partial charge in [-0.3, -0.25) is 9.59 Å². The first-order valence-corrected chi connectivity index (χ1v) is 7.36. The molecule has 1 aromatic rings. The van der Waals surface area contributed by atoms with Crippen LogP contribution in [0.3, 0.4) is 0 Å². The van der Waals surface area contributed by atoms with Crippen molar-refractivity contribution in [1.29, 1.82) is 0 Å². The second kappa shape index (κ2) is 4.53. The summed E-state index contributed by atoms with van der Waals surface area (Å²) in [4.78, 5) is 38.3. The minimum Gasteiger partial charge on any atom is -0.465 e. The van der Waals surface area contributed by atoms with Gasteiger partial charge in [-0.2, -0.15) is 0 Å². The van der Waals surface area contributed by atoms with Gasteiger partial charge in [0.25, 0.3) is 0 Å². The summed E-state index contributed by atoms with van der Waals surface area (Å²) in [5, 5.41) is 0. The van der Waals surface area contributed by atoms with Crippen LogP contribution < -0.4 is 4.90 Å². The van der Waals surface area contributed by atoms with Gasteiger partial charge in [0.15, 0.2) is 0 Å². The highest BCUT2D eigenvalue weighted by Gasteiger charge is 2.59. The summed E-state index contributed by atoms with van der Waals surface area (Å²) < 4.78 is 4.69. The van der Waals surface area contributed by atoms with Gasteiger partial charge in [-0.25, -0.2) is 9.69 Å². The topological polar surface area (TPSA) is 63.7 Å². The number of imide groups is 1. The number of esters is 1. The molecule has 4 atom stereocenters. The van der Waals surface area contributed by atoms with Crippen molar-refractivity contribution in [2.45, 2.75) is 6.42 Å². The van der Waals surface area contributed by atoms with E-state index in [9.17, 15) is 14.4 Å². The van der Waals surface area contributed by atoms with Crippen LogP contribution >= 0.6 is 0 Å². The lowest BCUT2D eigenvalue weighted by Crippen LogP contribution is -2.33. The summed E-state index contributed by atoms with van der Waals surface area (Å²) in [7, 11) is 1.30. The largest absolute Gasteiger partial charge is 0.465 e. The molecular weight excluding hydrogens is 282 g/mol. The molecule has 2 bridgehead atoms. The molecule has 1 saturated heterocycles. The van der Waals surface area contributed by atoms with Crippen molar-refractivity contribution in [1.82, 2.24) is 0 Å². The normalized spacial score (nSPS) is 31.8. The van der Waals surface area contributed by atoms with E-state index in [-0.39, 0.29) is 35.5 Å². The molecule has 0 aromatic heterocycles. The number of anilines is 1. The number of carbonyl (C=O) groups is 3. The maximum atomic E-state index is 12.7. The van der Waals surface area contributed by atoms with Crippen LogP contribution in [0.25, 0.3) is 0 Å². The summed E-state index contributed by atoms with van der Waals surface area (Å²) in [6, 6.07) is 6.48. The summed E-state index contributed by atoms with van der Waals surface area (Å²) in [6.45, 7) is 0. The summed E-state index contributed by atoms with van der Waals surface area (Å²) in [5.41, 5.74) is 0.783. The Morgan fingerprint density at radius 2 is 1.77 bits per heavy atom. The second-order valence-electron chi connectivity index (χ2n) is 6.05. The standard InChI is InChI=1S/C17H15NO4/c1-22-17(21)11-3-2-4-12(8-11)18-15(19)13-9-5-6-10(7-9)14(13)16(18)20/h2-6,8-10,13-14H,7H2,1H3/t9-,10-,13+,14+/m0/s1. The van der Waals surface area contributed by atoms with Crippen molar-refractivity contribution in [2.24, 2.45) is 23.7 Å². The van der Waals surface area contributed by atoms with Crippen LogP contribution in [0.1, 0.15) is 16.8 Å². The molecule has 1 aromatic carbocycles. The molecule has 4 rings (SSSR count). The van der Waals surface area contributed by atoms with Gasteiger partial charge in [-0.1, -0.05) is 18.2 Å². The molecular formula is C17H15NO4. The lowest BCUT2D eigenvalue weighted by Gasteiger charge is -2.17. The van der Waals surface area contributed by atoms with E-state index in [2.05, 4.69) is 16.9 Å². The average Bonchev–Trinajstić information content (AvgIpc) is 3.21. The van der Waals surface area contributed by atoms with Crippen molar-refractivity contribution in [3.63, 3.8) is 0 Å². The molecule has 3 aliphatic rings. The SMILES string of the molecule is COC(=O)c1cccc(N2C(=O)[C@H]3[C@H](C2=O)[C@H]2C=C[C@H]3C2)c1. The summed E-state index contributed by atoms with van der Waals surface area (Å²) in [6.07, 6.45) is 5.03. The second-order valence-corrected chi connectivity index (χ2v) is 6.05. The Labute approximate surface area is 127 Å². The Kier molecular flexibility index (Phi) is 2.73. The lowest BCUT2D eigenvalue weighted by atomic mass is 9.85. The Morgan fingerprint density at radius 1 is 1.14 bits per heavy atom. The molecule has 5 nitrogen and oxygen atoms in total.